The first-order valence-electron chi connectivity index (χ1n) is 11.2. The minimum atomic E-state index is -5.07. The first-order chi connectivity index (χ1) is 16.7. The van der Waals surface area contributed by atoms with Gasteiger partial charge >= 0.3 is 18.2 Å². The molecular weight excluding hydrogens is 459 g/mol. The highest BCUT2D eigenvalue weighted by molar-refractivity contribution is 5.81. The number of aliphatic carboxylic acids is 1. The number of benzene rings is 3. The topological polar surface area (TPSA) is 66.8 Å². The summed E-state index contributed by atoms with van der Waals surface area (Å²) in [5.74, 6) is -3.72. The predicted molar refractivity (Wildman–Crippen MR) is 122 cm³/mol. The van der Waals surface area contributed by atoms with Crippen molar-refractivity contribution in [1.29, 1.82) is 0 Å². The number of carboxylic acids is 1. The third kappa shape index (κ3) is 3.64. The van der Waals surface area contributed by atoms with Crippen LogP contribution in [0.5, 0.6) is 0 Å². The summed E-state index contributed by atoms with van der Waals surface area (Å²) >= 11 is 0. The lowest BCUT2D eigenvalue weighted by Crippen LogP contribution is -2.50. The van der Waals surface area contributed by atoms with E-state index in [0.717, 1.165) is 27.2 Å². The van der Waals surface area contributed by atoms with E-state index >= 15 is 0 Å². The van der Waals surface area contributed by atoms with Gasteiger partial charge in [-0.25, -0.2) is 4.79 Å². The number of hydrogen-bond donors (Lipinski definition) is 1. The van der Waals surface area contributed by atoms with E-state index < -0.39 is 42.7 Å². The van der Waals surface area contributed by atoms with Crippen LogP contribution in [0.15, 0.2) is 78.9 Å². The van der Waals surface area contributed by atoms with E-state index in [1.807, 2.05) is 48.5 Å². The van der Waals surface area contributed by atoms with Crippen molar-refractivity contribution in [3.63, 3.8) is 0 Å². The first kappa shape index (κ1) is 23.0. The van der Waals surface area contributed by atoms with Gasteiger partial charge in [-0.1, -0.05) is 78.9 Å². The van der Waals surface area contributed by atoms with Gasteiger partial charge in [-0.15, -0.1) is 0 Å². The molecule has 1 amide bonds. The summed E-state index contributed by atoms with van der Waals surface area (Å²) < 4.78 is 48.2. The maximum atomic E-state index is 14.2. The van der Waals surface area contributed by atoms with E-state index in [2.05, 4.69) is 0 Å². The zero-order valence-electron chi connectivity index (χ0n) is 18.5. The number of likely N-dealkylation sites (tertiary alicyclic amines) is 1. The normalized spacial score (nSPS) is 21.5. The maximum Gasteiger partial charge on any atom is 0.409 e. The molecule has 0 aromatic heterocycles. The highest BCUT2D eigenvalue weighted by Crippen LogP contribution is 2.53. The Morgan fingerprint density at radius 1 is 0.914 bits per heavy atom. The van der Waals surface area contributed by atoms with E-state index in [9.17, 15) is 27.9 Å². The summed E-state index contributed by atoms with van der Waals surface area (Å²) in [6, 6.07) is 23.1. The van der Waals surface area contributed by atoms with Crippen LogP contribution in [0.4, 0.5) is 18.0 Å². The molecular formula is C27H22F3NO4. The van der Waals surface area contributed by atoms with Gasteiger partial charge in [0, 0.05) is 24.9 Å². The van der Waals surface area contributed by atoms with Crippen LogP contribution in [0, 0.1) is 5.41 Å². The van der Waals surface area contributed by atoms with Gasteiger partial charge in [0.25, 0.3) is 0 Å². The third-order valence-electron chi connectivity index (χ3n) is 7.12. The van der Waals surface area contributed by atoms with Crippen LogP contribution in [0.2, 0.25) is 0 Å². The standard InChI is InChI=1S/C27H22F3NO4/c28-27(29,30)26(24(32)33)16-31(14-23(26)17-8-2-1-3-9-17)25(34)35-15-22-20-12-6-4-10-18(20)19-11-5-7-13-21(19)22/h1-13,22-23H,14-16H2,(H,32,33)/t23-,26-/m0/s1. The van der Waals surface area contributed by atoms with Gasteiger partial charge < -0.3 is 14.7 Å². The number of ether oxygens (including phenoxy) is 1. The largest absolute Gasteiger partial charge is 0.481 e. The summed E-state index contributed by atoms with van der Waals surface area (Å²) in [5, 5.41) is 9.75. The molecule has 1 aliphatic carbocycles. The third-order valence-corrected chi connectivity index (χ3v) is 7.12. The van der Waals surface area contributed by atoms with E-state index in [4.69, 9.17) is 4.74 Å². The molecule has 5 nitrogen and oxygen atoms in total. The molecule has 0 saturated carbocycles. The van der Waals surface area contributed by atoms with Crippen LogP contribution in [0.3, 0.4) is 0 Å². The van der Waals surface area contributed by atoms with Gasteiger partial charge in [-0.05, 0) is 27.8 Å². The van der Waals surface area contributed by atoms with Crippen molar-refractivity contribution in [2.24, 2.45) is 5.41 Å². The fraction of sp³-hybridized carbons (Fsp3) is 0.259. The van der Waals surface area contributed by atoms with E-state index in [0.29, 0.717) is 0 Å². The average Bonchev–Trinajstić information content (AvgIpc) is 3.41. The van der Waals surface area contributed by atoms with Crippen molar-refractivity contribution in [1.82, 2.24) is 4.90 Å². The van der Waals surface area contributed by atoms with Crippen LogP contribution in [-0.4, -0.2) is 47.9 Å². The monoisotopic (exact) mass is 481 g/mol. The summed E-state index contributed by atoms with van der Waals surface area (Å²) in [5.41, 5.74) is 1.08. The van der Waals surface area contributed by atoms with Gasteiger partial charge in [-0.3, -0.25) is 4.79 Å². The van der Waals surface area contributed by atoms with Crippen molar-refractivity contribution in [2.45, 2.75) is 18.0 Å². The number of alkyl halides is 3. The van der Waals surface area contributed by atoms with Crippen molar-refractivity contribution in [3.05, 3.63) is 95.6 Å². The number of halogens is 3. The first-order valence-corrected chi connectivity index (χ1v) is 11.2. The predicted octanol–water partition coefficient (Wildman–Crippen LogP) is 5.67. The van der Waals surface area contributed by atoms with E-state index in [-0.39, 0.29) is 18.1 Å². The maximum absolute atomic E-state index is 14.2. The molecule has 0 spiro atoms. The molecule has 1 aliphatic heterocycles. The number of fused-ring (bicyclic) bond motifs is 3. The number of amides is 1. The van der Waals surface area contributed by atoms with Gasteiger partial charge in [0.1, 0.15) is 6.61 Å². The zero-order valence-corrected chi connectivity index (χ0v) is 18.5. The lowest BCUT2D eigenvalue weighted by molar-refractivity contribution is -0.231. The molecule has 8 heteroatoms. The second kappa shape index (κ2) is 8.45. The molecule has 3 aromatic carbocycles. The van der Waals surface area contributed by atoms with E-state index in [1.165, 1.54) is 12.1 Å². The van der Waals surface area contributed by atoms with E-state index in [1.54, 1.807) is 18.2 Å². The Bertz CT molecular complexity index is 1230. The Balaban J connectivity index is 1.40. The van der Waals surface area contributed by atoms with Crippen LogP contribution in [-0.2, 0) is 9.53 Å². The van der Waals surface area contributed by atoms with Gasteiger partial charge in [0.05, 0.1) is 0 Å². The van der Waals surface area contributed by atoms with Crippen molar-refractivity contribution >= 4 is 12.1 Å². The molecule has 0 radical (unpaired) electrons. The van der Waals surface area contributed by atoms with Crippen molar-refractivity contribution in [3.8, 4) is 11.1 Å². The smallest absolute Gasteiger partial charge is 0.409 e. The Morgan fingerprint density at radius 3 is 2.00 bits per heavy atom. The number of carbonyl (C=O) groups is 2. The number of carbonyl (C=O) groups excluding carboxylic acids is 1. The molecule has 1 saturated heterocycles. The van der Waals surface area contributed by atoms with Crippen LogP contribution >= 0.6 is 0 Å². The Hall–Kier alpha value is -3.81. The van der Waals surface area contributed by atoms with Crippen LogP contribution in [0.25, 0.3) is 11.1 Å². The Morgan fingerprint density at radius 2 is 1.46 bits per heavy atom. The molecule has 2 aliphatic rings. The van der Waals surface area contributed by atoms with Crippen molar-refractivity contribution < 1.29 is 32.6 Å². The van der Waals surface area contributed by atoms with Crippen LogP contribution in [0.1, 0.15) is 28.5 Å². The molecule has 5 rings (SSSR count). The van der Waals surface area contributed by atoms with Crippen molar-refractivity contribution in [2.75, 3.05) is 19.7 Å². The average molecular weight is 481 g/mol. The highest BCUT2D eigenvalue weighted by atomic mass is 19.4. The summed E-state index contributed by atoms with van der Waals surface area (Å²) in [7, 11) is 0. The lowest BCUT2D eigenvalue weighted by atomic mass is 9.74. The molecule has 1 fully saturated rings. The fourth-order valence-electron chi connectivity index (χ4n) is 5.38. The lowest BCUT2D eigenvalue weighted by Gasteiger charge is -2.32. The second-order valence-electron chi connectivity index (χ2n) is 8.92. The second-order valence-corrected chi connectivity index (χ2v) is 8.92. The van der Waals surface area contributed by atoms with Gasteiger partial charge in [-0.2, -0.15) is 13.2 Å². The molecule has 0 bridgehead atoms. The van der Waals surface area contributed by atoms with Gasteiger partial charge in [0.15, 0.2) is 5.41 Å². The molecule has 0 unspecified atom stereocenters. The Kier molecular flexibility index (Phi) is 5.54. The number of rotatable bonds is 4. The number of carboxylic acid groups (broad SMARTS) is 1. The molecule has 180 valence electrons. The molecule has 1 heterocycles. The number of hydrogen-bond acceptors (Lipinski definition) is 3. The van der Waals surface area contributed by atoms with Gasteiger partial charge in [0.2, 0.25) is 0 Å². The zero-order chi connectivity index (χ0) is 24.8. The molecule has 2 atom stereocenters. The van der Waals surface area contributed by atoms with Crippen LogP contribution < -0.4 is 0 Å². The SMILES string of the molecule is O=C(OCC1c2ccccc2-c2ccccc21)N1C[C@@H](c2ccccc2)[C@@](C(=O)O)(C(F)(F)F)C1. The summed E-state index contributed by atoms with van der Waals surface area (Å²) in [6.07, 6.45) is -6.03. The molecule has 3 aromatic rings. The quantitative estimate of drug-likeness (QED) is 0.522. The molecule has 1 N–H and O–H groups in total. The minimum absolute atomic E-state index is 0.0640. The number of nitrogens with zero attached hydrogens (tertiary/aromatic N) is 1. The highest BCUT2D eigenvalue weighted by Gasteiger charge is 2.69. The molecule has 35 heavy (non-hydrogen) atoms. The minimum Gasteiger partial charge on any atom is -0.481 e. The fourth-order valence-corrected chi connectivity index (χ4v) is 5.38. The Labute approximate surface area is 199 Å². The summed E-state index contributed by atoms with van der Waals surface area (Å²) in [6.45, 7) is -1.49. The summed E-state index contributed by atoms with van der Waals surface area (Å²) in [4.78, 5) is 25.9.